The standard InChI is InChI=1S/C17H24N2O3/c1-13(2)11-22-16-7-3-6-15(9-16)19-17(20)18-10-14-5-4-8-21-12-14/h3,6-7,9,14H,1,4-5,8,10-12H2,2H3,(H2,18,19,20). The molecule has 0 aromatic heterocycles. The summed E-state index contributed by atoms with van der Waals surface area (Å²) in [6.07, 6.45) is 2.17. The topological polar surface area (TPSA) is 59.6 Å². The normalized spacial score (nSPS) is 17.6. The van der Waals surface area contributed by atoms with E-state index in [0.717, 1.165) is 31.6 Å². The molecule has 1 aromatic carbocycles. The summed E-state index contributed by atoms with van der Waals surface area (Å²) in [5.41, 5.74) is 1.66. The second kappa shape index (κ2) is 8.44. The molecule has 1 unspecified atom stereocenters. The molecule has 0 radical (unpaired) electrons. The smallest absolute Gasteiger partial charge is 0.319 e. The van der Waals surface area contributed by atoms with E-state index < -0.39 is 0 Å². The highest BCUT2D eigenvalue weighted by Crippen LogP contribution is 2.18. The molecule has 0 spiro atoms. The Bertz CT molecular complexity index is 510. The third kappa shape index (κ3) is 5.77. The highest BCUT2D eigenvalue weighted by Gasteiger charge is 2.14. The molecule has 120 valence electrons. The Kier molecular flexibility index (Phi) is 6.27. The number of rotatable bonds is 6. The summed E-state index contributed by atoms with van der Waals surface area (Å²) in [7, 11) is 0. The van der Waals surface area contributed by atoms with Crippen molar-refractivity contribution in [2.24, 2.45) is 5.92 Å². The van der Waals surface area contributed by atoms with Crippen molar-refractivity contribution in [2.75, 3.05) is 31.7 Å². The summed E-state index contributed by atoms with van der Waals surface area (Å²) >= 11 is 0. The van der Waals surface area contributed by atoms with Crippen molar-refractivity contribution in [3.8, 4) is 5.75 Å². The highest BCUT2D eigenvalue weighted by molar-refractivity contribution is 5.89. The van der Waals surface area contributed by atoms with E-state index in [9.17, 15) is 4.79 Å². The van der Waals surface area contributed by atoms with Crippen molar-refractivity contribution >= 4 is 11.7 Å². The molecule has 2 amide bonds. The minimum Gasteiger partial charge on any atom is -0.489 e. The average molecular weight is 304 g/mol. The van der Waals surface area contributed by atoms with Gasteiger partial charge in [0.1, 0.15) is 12.4 Å². The van der Waals surface area contributed by atoms with E-state index in [1.54, 1.807) is 6.07 Å². The molecule has 2 rings (SSSR count). The maximum absolute atomic E-state index is 11.9. The number of hydrogen-bond acceptors (Lipinski definition) is 3. The zero-order valence-electron chi connectivity index (χ0n) is 13.1. The van der Waals surface area contributed by atoms with E-state index in [-0.39, 0.29) is 6.03 Å². The zero-order valence-corrected chi connectivity index (χ0v) is 13.1. The molecule has 1 fully saturated rings. The number of hydrogen-bond donors (Lipinski definition) is 2. The fourth-order valence-electron chi connectivity index (χ4n) is 2.25. The lowest BCUT2D eigenvalue weighted by molar-refractivity contribution is 0.0559. The van der Waals surface area contributed by atoms with E-state index in [2.05, 4.69) is 17.2 Å². The summed E-state index contributed by atoms with van der Waals surface area (Å²) in [5, 5.41) is 5.70. The summed E-state index contributed by atoms with van der Waals surface area (Å²) < 4.78 is 11.0. The Hall–Kier alpha value is -2.01. The van der Waals surface area contributed by atoms with Crippen LogP contribution in [0.4, 0.5) is 10.5 Å². The first kappa shape index (κ1) is 16.4. The third-order valence-electron chi connectivity index (χ3n) is 3.38. The fraction of sp³-hybridized carbons (Fsp3) is 0.471. The van der Waals surface area contributed by atoms with Gasteiger partial charge in [0.25, 0.3) is 0 Å². The molecule has 1 aromatic rings. The average Bonchev–Trinajstić information content (AvgIpc) is 2.52. The number of ether oxygens (including phenoxy) is 2. The van der Waals surface area contributed by atoms with Gasteiger partial charge in [0.15, 0.2) is 0 Å². The number of benzene rings is 1. The SMILES string of the molecule is C=C(C)COc1cccc(NC(=O)NCC2CCCOC2)c1. The summed E-state index contributed by atoms with van der Waals surface area (Å²) in [4.78, 5) is 11.9. The van der Waals surface area contributed by atoms with E-state index in [0.29, 0.717) is 30.5 Å². The van der Waals surface area contributed by atoms with E-state index in [4.69, 9.17) is 9.47 Å². The van der Waals surface area contributed by atoms with Gasteiger partial charge in [-0.25, -0.2) is 4.79 Å². The second-order valence-electron chi connectivity index (χ2n) is 5.69. The van der Waals surface area contributed by atoms with Crippen LogP contribution in [0.1, 0.15) is 19.8 Å². The van der Waals surface area contributed by atoms with Gasteiger partial charge in [-0.2, -0.15) is 0 Å². The first-order chi connectivity index (χ1) is 10.6. The van der Waals surface area contributed by atoms with Gasteiger partial charge in [0.05, 0.1) is 6.61 Å². The maximum Gasteiger partial charge on any atom is 0.319 e. The van der Waals surface area contributed by atoms with Crippen molar-refractivity contribution in [1.29, 1.82) is 0 Å². The quantitative estimate of drug-likeness (QED) is 0.794. The largest absolute Gasteiger partial charge is 0.489 e. The van der Waals surface area contributed by atoms with Crippen molar-refractivity contribution in [3.05, 3.63) is 36.4 Å². The summed E-state index contributed by atoms with van der Waals surface area (Å²) in [6, 6.07) is 7.12. The van der Waals surface area contributed by atoms with Gasteiger partial charge >= 0.3 is 6.03 Å². The van der Waals surface area contributed by atoms with E-state index in [1.807, 2.05) is 25.1 Å². The minimum atomic E-state index is -0.206. The number of nitrogens with one attached hydrogen (secondary N) is 2. The molecule has 0 saturated carbocycles. The molecule has 2 N–H and O–H groups in total. The molecule has 5 nitrogen and oxygen atoms in total. The van der Waals surface area contributed by atoms with Crippen LogP contribution in [0.25, 0.3) is 0 Å². The van der Waals surface area contributed by atoms with Crippen molar-refractivity contribution in [2.45, 2.75) is 19.8 Å². The Morgan fingerprint density at radius 1 is 1.50 bits per heavy atom. The van der Waals surface area contributed by atoms with Crippen LogP contribution in [-0.4, -0.2) is 32.4 Å². The highest BCUT2D eigenvalue weighted by atomic mass is 16.5. The van der Waals surface area contributed by atoms with E-state index >= 15 is 0 Å². The summed E-state index contributed by atoms with van der Waals surface area (Å²) in [6.45, 7) is 8.37. The van der Waals surface area contributed by atoms with Gasteiger partial charge in [0.2, 0.25) is 0 Å². The fourth-order valence-corrected chi connectivity index (χ4v) is 2.25. The van der Waals surface area contributed by atoms with Crippen LogP contribution in [0.15, 0.2) is 36.4 Å². The minimum absolute atomic E-state index is 0.206. The van der Waals surface area contributed by atoms with Crippen LogP contribution in [0.5, 0.6) is 5.75 Å². The Morgan fingerprint density at radius 2 is 2.36 bits per heavy atom. The van der Waals surface area contributed by atoms with Gasteiger partial charge in [-0.15, -0.1) is 0 Å². The monoisotopic (exact) mass is 304 g/mol. The molecular weight excluding hydrogens is 280 g/mol. The van der Waals surface area contributed by atoms with Gasteiger partial charge in [0, 0.05) is 24.9 Å². The molecule has 1 aliphatic rings. The van der Waals surface area contributed by atoms with E-state index in [1.165, 1.54) is 0 Å². The number of carbonyl (C=O) groups is 1. The van der Waals surface area contributed by atoms with Gasteiger partial charge in [-0.1, -0.05) is 12.6 Å². The van der Waals surface area contributed by atoms with Crippen LogP contribution in [0.2, 0.25) is 0 Å². The van der Waals surface area contributed by atoms with Gasteiger partial charge in [-0.05, 0) is 43.4 Å². The number of urea groups is 1. The zero-order chi connectivity index (χ0) is 15.8. The molecule has 22 heavy (non-hydrogen) atoms. The van der Waals surface area contributed by atoms with Crippen LogP contribution < -0.4 is 15.4 Å². The Morgan fingerprint density at radius 3 is 3.09 bits per heavy atom. The molecule has 1 atom stereocenters. The molecule has 0 bridgehead atoms. The number of amides is 2. The molecule has 1 heterocycles. The number of carbonyl (C=O) groups excluding carboxylic acids is 1. The second-order valence-corrected chi connectivity index (χ2v) is 5.69. The van der Waals surface area contributed by atoms with Gasteiger partial charge < -0.3 is 20.1 Å². The lowest BCUT2D eigenvalue weighted by Crippen LogP contribution is -2.35. The summed E-state index contributed by atoms with van der Waals surface area (Å²) in [5.74, 6) is 1.12. The predicted octanol–water partition coefficient (Wildman–Crippen LogP) is 3.19. The predicted molar refractivity (Wildman–Crippen MR) is 87.3 cm³/mol. The first-order valence-electron chi connectivity index (χ1n) is 7.63. The molecule has 0 aliphatic carbocycles. The van der Waals surface area contributed by atoms with Crippen LogP contribution in [0.3, 0.4) is 0 Å². The van der Waals surface area contributed by atoms with Crippen molar-refractivity contribution in [1.82, 2.24) is 5.32 Å². The van der Waals surface area contributed by atoms with Crippen molar-refractivity contribution < 1.29 is 14.3 Å². The lowest BCUT2D eigenvalue weighted by Gasteiger charge is -2.22. The van der Waals surface area contributed by atoms with Gasteiger partial charge in [-0.3, -0.25) is 0 Å². The third-order valence-corrected chi connectivity index (χ3v) is 3.38. The Balaban J connectivity index is 1.77. The maximum atomic E-state index is 11.9. The van der Waals surface area contributed by atoms with Crippen LogP contribution in [0, 0.1) is 5.92 Å². The molecular formula is C17H24N2O3. The molecule has 1 aliphatic heterocycles. The Labute approximate surface area is 131 Å². The van der Waals surface area contributed by atoms with Crippen molar-refractivity contribution in [3.63, 3.8) is 0 Å². The lowest BCUT2D eigenvalue weighted by atomic mass is 10.0. The first-order valence-corrected chi connectivity index (χ1v) is 7.63. The molecule has 1 saturated heterocycles. The van der Waals surface area contributed by atoms with Crippen LogP contribution in [-0.2, 0) is 4.74 Å². The van der Waals surface area contributed by atoms with Crippen LogP contribution >= 0.6 is 0 Å². The molecule has 5 heteroatoms. The number of anilines is 1.